The molecule has 2 N–H and O–H groups in total. The number of rotatable bonds is 5. The molecule has 2 aromatic heterocycles. The minimum absolute atomic E-state index is 0.0901. The average molecular weight is 457 g/mol. The summed E-state index contributed by atoms with van der Waals surface area (Å²) in [6.45, 7) is 7.56. The van der Waals surface area contributed by atoms with E-state index in [4.69, 9.17) is 4.74 Å². The number of fused-ring (bicyclic) bond motifs is 2. The van der Waals surface area contributed by atoms with Gasteiger partial charge in [0.2, 0.25) is 0 Å². The lowest BCUT2D eigenvalue weighted by atomic mass is 9.76. The number of aryl methyl sites for hydroxylation is 1. The highest BCUT2D eigenvalue weighted by Crippen LogP contribution is 2.46. The molecular formula is C24H32N4O3S. The highest BCUT2D eigenvalue weighted by atomic mass is 32.1. The lowest BCUT2D eigenvalue weighted by molar-refractivity contribution is -0.114. The number of thiophene rings is 1. The Hall–Kier alpha value is -2.03. The van der Waals surface area contributed by atoms with E-state index < -0.39 is 0 Å². The summed E-state index contributed by atoms with van der Waals surface area (Å²) in [6, 6.07) is 5.88. The summed E-state index contributed by atoms with van der Waals surface area (Å²) < 4.78 is 6.47. The standard InChI is InChI=1S/C24H32N4O3S/c1-3-18-12-19-21(32-18)6-9-31-24(19)7-8-28(15(2)13-24)14-16-10-17(11-16)25-23(30)20-4-5-22(29)27-26-20/h4-5,12,15-17H,3,6-11,13-14H2,1-2H3,(H,25,30)(H,27,29)/t15-,16?,17?,24+/m0/s1. The zero-order chi connectivity index (χ0) is 22.3. The van der Waals surface area contributed by atoms with Crippen molar-refractivity contribution in [2.75, 3.05) is 19.7 Å². The Balaban J connectivity index is 1.13. The van der Waals surface area contributed by atoms with E-state index in [1.807, 2.05) is 11.3 Å². The molecule has 4 heterocycles. The molecule has 2 aliphatic heterocycles. The van der Waals surface area contributed by atoms with Gasteiger partial charge < -0.3 is 15.0 Å². The first kappa shape index (κ1) is 21.8. The van der Waals surface area contributed by atoms with Crippen LogP contribution < -0.4 is 10.9 Å². The third-order valence-corrected chi connectivity index (χ3v) is 8.77. The highest BCUT2D eigenvalue weighted by Gasteiger charge is 2.45. The highest BCUT2D eigenvalue weighted by molar-refractivity contribution is 7.12. The van der Waals surface area contributed by atoms with Crippen LogP contribution in [0.4, 0.5) is 0 Å². The van der Waals surface area contributed by atoms with Crippen molar-refractivity contribution in [2.45, 2.75) is 70.1 Å². The van der Waals surface area contributed by atoms with Crippen molar-refractivity contribution in [2.24, 2.45) is 5.92 Å². The van der Waals surface area contributed by atoms with Crippen LogP contribution in [0.1, 0.15) is 65.3 Å². The Morgan fingerprint density at radius 1 is 1.41 bits per heavy atom. The molecule has 1 spiro atoms. The molecule has 2 fully saturated rings. The van der Waals surface area contributed by atoms with Crippen molar-refractivity contribution in [3.63, 3.8) is 0 Å². The zero-order valence-electron chi connectivity index (χ0n) is 18.9. The second-order valence-electron chi connectivity index (χ2n) is 9.61. The first-order chi connectivity index (χ1) is 15.5. The number of hydrogen-bond donors (Lipinski definition) is 2. The molecule has 1 aliphatic carbocycles. The molecule has 8 heteroatoms. The Morgan fingerprint density at radius 2 is 2.25 bits per heavy atom. The van der Waals surface area contributed by atoms with Gasteiger partial charge in [-0.25, -0.2) is 5.10 Å². The summed E-state index contributed by atoms with van der Waals surface area (Å²) >= 11 is 1.98. The topological polar surface area (TPSA) is 87.3 Å². The van der Waals surface area contributed by atoms with Crippen molar-refractivity contribution >= 4 is 17.2 Å². The number of carbonyl (C=O) groups is 1. The van der Waals surface area contributed by atoms with Crippen LogP contribution in [-0.2, 0) is 23.2 Å². The number of likely N-dealkylation sites (tertiary alicyclic amines) is 1. The molecule has 1 amide bonds. The van der Waals surface area contributed by atoms with Crippen LogP contribution in [0, 0.1) is 5.92 Å². The van der Waals surface area contributed by atoms with Crippen LogP contribution in [0.15, 0.2) is 23.0 Å². The number of aromatic amines is 1. The number of H-pyrrole nitrogens is 1. The first-order valence-corrected chi connectivity index (χ1v) is 12.6. The predicted octanol–water partition coefficient (Wildman–Crippen LogP) is 2.85. The quantitative estimate of drug-likeness (QED) is 0.723. The fourth-order valence-corrected chi connectivity index (χ4v) is 6.79. The number of hydrogen-bond acceptors (Lipinski definition) is 6. The SMILES string of the molecule is CCc1cc2c(s1)CCO[C@@]21CCN(CC2CC(NC(=O)c3ccc(=O)[nH]n3)C2)[C@@H](C)C1. The molecule has 172 valence electrons. The van der Waals surface area contributed by atoms with Crippen LogP contribution >= 0.6 is 11.3 Å². The van der Waals surface area contributed by atoms with Gasteiger partial charge in [0.1, 0.15) is 5.69 Å². The van der Waals surface area contributed by atoms with E-state index >= 15 is 0 Å². The van der Waals surface area contributed by atoms with Crippen molar-refractivity contribution in [1.29, 1.82) is 0 Å². The van der Waals surface area contributed by atoms with E-state index in [0.717, 1.165) is 58.2 Å². The normalized spacial score (nSPS) is 30.0. The second kappa shape index (κ2) is 8.72. The van der Waals surface area contributed by atoms with Gasteiger partial charge >= 0.3 is 0 Å². The maximum absolute atomic E-state index is 12.3. The summed E-state index contributed by atoms with van der Waals surface area (Å²) in [7, 11) is 0. The van der Waals surface area contributed by atoms with Crippen molar-refractivity contribution in [3.8, 4) is 0 Å². The summed E-state index contributed by atoms with van der Waals surface area (Å²) in [5.74, 6) is 0.390. The molecule has 0 unspecified atom stereocenters. The largest absolute Gasteiger partial charge is 0.370 e. The van der Waals surface area contributed by atoms with Gasteiger partial charge in [-0.2, -0.15) is 5.10 Å². The maximum atomic E-state index is 12.3. The van der Waals surface area contributed by atoms with Gasteiger partial charge in [0.05, 0.1) is 12.2 Å². The molecule has 7 nitrogen and oxygen atoms in total. The Kier molecular flexibility index (Phi) is 5.94. The molecule has 32 heavy (non-hydrogen) atoms. The number of amides is 1. The molecule has 1 saturated carbocycles. The first-order valence-electron chi connectivity index (χ1n) is 11.8. The second-order valence-corrected chi connectivity index (χ2v) is 10.8. The monoisotopic (exact) mass is 456 g/mol. The zero-order valence-corrected chi connectivity index (χ0v) is 19.7. The van der Waals surface area contributed by atoms with Crippen LogP contribution in [0.5, 0.6) is 0 Å². The van der Waals surface area contributed by atoms with Gasteiger partial charge in [-0.15, -0.1) is 11.3 Å². The maximum Gasteiger partial charge on any atom is 0.271 e. The van der Waals surface area contributed by atoms with Crippen LogP contribution in [-0.4, -0.2) is 52.8 Å². The third-order valence-electron chi connectivity index (χ3n) is 7.43. The number of ether oxygens (including phenoxy) is 1. The van der Waals surface area contributed by atoms with Gasteiger partial charge in [0.25, 0.3) is 11.5 Å². The Bertz CT molecular complexity index is 1020. The number of nitrogens with one attached hydrogen (secondary N) is 2. The molecule has 0 bridgehead atoms. The summed E-state index contributed by atoms with van der Waals surface area (Å²) in [6.07, 6.45) is 6.28. The van der Waals surface area contributed by atoms with E-state index in [2.05, 4.69) is 40.3 Å². The lowest BCUT2D eigenvalue weighted by Gasteiger charge is -2.49. The molecule has 1 saturated heterocycles. The molecule has 5 rings (SSSR count). The van der Waals surface area contributed by atoms with Crippen LogP contribution in [0.2, 0.25) is 0 Å². The molecule has 2 atom stereocenters. The lowest BCUT2D eigenvalue weighted by Crippen LogP contribution is -2.54. The molecule has 0 aromatic carbocycles. The molecular weight excluding hydrogens is 424 g/mol. The molecule has 0 radical (unpaired) electrons. The van der Waals surface area contributed by atoms with Crippen LogP contribution in [0.25, 0.3) is 0 Å². The van der Waals surface area contributed by atoms with Crippen LogP contribution in [0.3, 0.4) is 0 Å². The van der Waals surface area contributed by atoms with E-state index in [1.54, 1.807) is 4.88 Å². The number of piperidine rings is 1. The van der Waals surface area contributed by atoms with Gasteiger partial charge in [-0.05, 0) is 62.6 Å². The van der Waals surface area contributed by atoms with Gasteiger partial charge in [-0.1, -0.05) is 6.92 Å². The van der Waals surface area contributed by atoms with Crippen molar-refractivity contribution in [1.82, 2.24) is 20.4 Å². The van der Waals surface area contributed by atoms with Crippen molar-refractivity contribution < 1.29 is 9.53 Å². The molecule has 2 aromatic rings. The van der Waals surface area contributed by atoms with Gasteiger partial charge in [-0.3, -0.25) is 9.59 Å². The van der Waals surface area contributed by atoms with E-state index in [0.29, 0.717) is 12.0 Å². The minimum Gasteiger partial charge on any atom is -0.370 e. The van der Waals surface area contributed by atoms with E-state index in [9.17, 15) is 9.59 Å². The third kappa shape index (κ3) is 4.16. The summed E-state index contributed by atoms with van der Waals surface area (Å²) in [4.78, 5) is 29.0. The minimum atomic E-state index is -0.303. The van der Waals surface area contributed by atoms with E-state index in [1.165, 1.54) is 22.6 Å². The van der Waals surface area contributed by atoms with Gasteiger partial charge in [0.15, 0.2) is 0 Å². The van der Waals surface area contributed by atoms with E-state index in [-0.39, 0.29) is 28.8 Å². The Labute approximate surface area is 192 Å². The summed E-state index contributed by atoms with van der Waals surface area (Å²) in [5, 5.41) is 9.15. The average Bonchev–Trinajstić information content (AvgIpc) is 3.19. The summed E-state index contributed by atoms with van der Waals surface area (Å²) in [5.41, 5.74) is 1.34. The smallest absolute Gasteiger partial charge is 0.271 e. The number of nitrogens with zero attached hydrogens (tertiary/aromatic N) is 2. The fourth-order valence-electron chi connectivity index (χ4n) is 5.61. The van der Waals surface area contributed by atoms with Crippen molar-refractivity contribution in [3.05, 3.63) is 49.6 Å². The number of aromatic nitrogens is 2. The number of carbonyl (C=O) groups excluding carboxylic acids is 1. The van der Waals surface area contributed by atoms with Gasteiger partial charge in [0, 0.05) is 47.4 Å². The fraction of sp³-hybridized carbons (Fsp3) is 0.625. The predicted molar refractivity (Wildman–Crippen MR) is 124 cm³/mol. The molecule has 3 aliphatic rings. The Morgan fingerprint density at radius 3 is 2.97 bits per heavy atom.